The first kappa shape index (κ1) is 17.6. The van der Waals surface area contributed by atoms with Gasteiger partial charge in [-0.2, -0.15) is 0 Å². The van der Waals surface area contributed by atoms with E-state index in [9.17, 15) is 18.4 Å². The molecule has 0 unspecified atom stereocenters. The normalized spacial score (nSPS) is 11.0. The highest BCUT2D eigenvalue weighted by atomic mass is 19.1. The third-order valence-corrected chi connectivity index (χ3v) is 3.37. The van der Waals surface area contributed by atoms with Gasteiger partial charge in [-0.25, -0.2) is 13.6 Å². The number of nitrogens with one attached hydrogen (secondary N) is 1. The summed E-state index contributed by atoms with van der Waals surface area (Å²) in [5.74, 6) is -2.44. The number of rotatable bonds is 5. The maximum atomic E-state index is 13.7. The van der Waals surface area contributed by atoms with E-state index in [0.29, 0.717) is 6.07 Å². The van der Waals surface area contributed by atoms with Crippen LogP contribution in [-0.4, -0.2) is 17.4 Å². The number of benzene rings is 2. The van der Waals surface area contributed by atoms with Crippen LogP contribution in [0.1, 0.15) is 29.8 Å². The summed E-state index contributed by atoms with van der Waals surface area (Å²) in [5.41, 5.74) is -0.918. The minimum absolute atomic E-state index is 0.0435. The predicted octanol–water partition coefficient (Wildman–Crippen LogP) is 3.85. The van der Waals surface area contributed by atoms with Gasteiger partial charge in [-0.1, -0.05) is 30.3 Å². The van der Waals surface area contributed by atoms with Crippen LogP contribution < -0.4 is 5.32 Å². The summed E-state index contributed by atoms with van der Waals surface area (Å²) in [7, 11) is 0. The molecule has 4 nitrogen and oxygen atoms in total. The van der Waals surface area contributed by atoms with Crippen LogP contribution in [-0.2, 0) is 11.3 Å². The molecule has 0 aliphatic rings. The molecule has 24 heavy (non-hydrogen) atoms. The van der Waals surface area contributed by atoms with E-state index in [1.54, 1.807) is 24.3 Å². The zero-order valence-corrected chi connectivity index (χ0v) is 13.3. The van der Waals surface area contributed by atoms with Crippen molar-refractivity contribution in [1.29, 1.82) is 0 Å². The lowest BCUT2D eigenvalue weighted by molar-refractivity contribution is 0.0842. The number of hydrogen-bond acceptors (Lipinski definition) is 3. The fourth-order valence-electron chi connectivity index (χ4n) is 2.08. The Bertz CT molecular complexity index is 745. The van der Waals surface area contributed by atoms with Gasteiger partial charge in [0.1, 0.15) is 23.8 Å². The summed E-state index contributed by atoms with van der Waals surface area (Å²) in [4.78, 5) is 24.2. The van der Waals surface area contributed by atoms with Gasteiger partial charge >= 0.3 is 6.09 Å². The Morgan fingerprint density at radius 2 is 1.75 bits per heavy atom. The van der Waals surface area contributed by atoms with Crippen molar-refractivity contribution in [1.82, 2.24) is 5.32 Å². The Balaban J connectivity index is 2.01. The van der Waals surface area contributed by atoms with E-state index < -0.39 is 29.0 Å². The molecule has 0 atom stereocenters. The molecule has 0 aliphatic carbocycles. The van der Waals surface area contributed by atoms with E-state index in [1.165, 1.54) is 13.8 Å². The van der Waals surface area contributed by atoms with Gasteiger partial charge in [0.25, 0.3) is 0 Å². The Kier molecular flexibility index (Phi) is 5.28. The molecule has 0 spiro atoms. The second-order valence-electron chi connectivity index (χ2n) is 5.77. The SMILES string of the molecule is CC(C)(NC(=O)OCc1ccccc1)C(=O)c1ccc(F)cc1F. The molecule has 1 amide bonds. The van der Waals surface area contributed by atoms with E-state index in [1.807, 2.05) is 6.07 Å². The van der Waals surface area contributed by atoms with Gasteiger partial charge in [-0.05, 0) is 31.5 Å². The van der Waals surface area contributed by atoms with Gasteiger partial charge in [-0.3, -0.25) is 4.79 Å². The molecular weight excluding hydrogens is 316 g/mol. The lowest BCUT2D eigenvalue weighted by Crippen LogP contribution is -2.50. The van der Waals surface area contributed by atoms with Crippen molar-refractivity contribution in [3.05, 3.63) is 71.3 Å². The van der Waals surface area contributed by atoms with E-state index in [-0.39, 0.29) is 12.2 Å². The number of amides is 1. The van der Waals surface area contributed by atoms with Gasteiger partial charge in [0, 0.05) is 6.07 Å². The maximum absolute atomic E-state index is 13.7. The molecule has 1 N–H and O–H groups in total. The number of Topliss-reactive ketones (excluding diaryl/α,β-unsaturated/α-hetero) is 1. The predicted molar refractivity (Wildman–Crippen MR) is 84.5 cm³/mol. The number of carbonyl (C=O) groups is 2. The van der Waals surface area contributed by atoms with Crippen LogP contribution in [0.3, 0.4) is 0 Å². The molecule has 2 aromatic rings. The molecule has 126 valence electrons. The molecule has 0 bridgehead atoms. The lowest BCUT2D eigenvalue weighted by Gasteiger charge is -2.24. The van der Waals surface area contributed by atoms with Gasteiger partial charge in [0.15, 0.2) is 5.78 Å². The highest BCUT2D eigenvalue weighted by Crippen LogP contribution is 2.17. The van der Waals surface area contributed by atoms with E-state index in [2.05, 4.69) is 5.32 Å². The van der Waals surface area contributed by atoms with Crippen LogP contribution >= 0.6 is 0 Å². The average molecular weight is 333 g/mol. The summed E-state index contributed by atoms with van der Waals surface area (Å²) < 4.78 is 31.7. The molecule has 2 aromatic carbocycles. The molecule has 2 rings (SSSR count). The summed E-state index contributed by atoms with van der Waals surface area (Å²) >= 11 is 0. The van der Waals surface area contributed by atoms with Crippen LogP contribution in [0.4, 0.5) is 13.6 Å². The highest BCUT2D eigenvalue weighted by Gasteiger charge is 2.32. The molecule has 6 heteroatoms. The van der Waals surface area contributed by atoms with Crippen molar-refractivity contribution >= 4 is 11.9 Å². The molecular formula is C18H17F2NO3. The average Bonchev–Trinajstić information content (AvgIpc) is 2.53. The molecule has 0 saturated carbocycles. The van der Waals surface area contributed by atoms with Gasteiger partial charge in [0.2, 0.25) is 0 Å². The Labute approximate surface area is 138 Å². The third-order valence-electron chi connectivity index (χ3n) is 3.37. The maximum Gasteiger partial charge on any atom is 0.408 e. The second-order valence-corrected chi connectivity index (χ2v) is 5.77. The van der Waals surface area contributed by atoms with Crippen LogP contribution in [0.15, 0.2) is 48.5 Å². The second kappa shape index (κ2) is 7.21. The standard InChI is InChI=1S/C18H17F2NO3/c1-18(2,16(22)14-9-8-13(19)10-15(14)20)21-17(23)24-11-12-6-4-3-5-7-12/h3-10H,11H2,1-2H3,(H,21,23). The Morgan fingerprint density at radius 1 is 1.08 bits per heavy atom. The minimum Gasteiger partial charge on any atom is -0.445 e. The monoisotopic (exact) mass is 333 g/mol. The largest absolute Gasteiger partial charge is 0.445 e. The van der Waals surface area contributed by atoms with E-state index >= 15 is 0 Å². The zero-order valence-electron chi connectivity index (χ0n) is 13.3. The molecule has 0 aliphatic heterocycles. The van der Waals surface area contributed by atoms with Crippen molar-refractivity contribution in [2.75, 3.05) is 0 Å². The van der Waals surface area contributed by atoms with E-state index in [4.69, 9.17) is 4.74 Å². The lowest BCUT2D eigenvalue weighted by atomic mass is 9.93. The van der Waals surface area contributed by atoms with Crippen molar-refractivity contribution in [2.24, 2.45) is 0 Å². The smallest absolute Gasteiger partial charge is 0.408 e. The molecule has 0 heterocycles. The first-order valence-electron chi connectivity index (χ1n) is 7.28. The Morgan fingerprint density at radius 3 is 2.38 bits per heavy atom. The molecule has 0 fully saturated rings. The topological polar surface area (TPSA) is 55.4 Å². The number of ketones is 1. The number of ether oxygens (including phenoxy) is 1. The van der Waals surface area contributed by atoms with Crippen LogP contribution in [0.5, 0.6) is 0 Å². The van der Waals surface area contributed by atoms with Gasteiger partial charge in [0.05, 0.1) is 5.56 Å². The van der Waals surface area contributed by atoms with Gasteiger partial charge in [-0.15, -0.1) is 0 Å². The van der Waals surface area contributed by atoms with Crippen molar-refractivity contribution in [3.63, 3.8) is 0 Å². The van der Waals surface area contributed by atoms with Gasteiger partial charge < -0.3 is 10.1 Å². The molecule has 0 aromatic heterocycles. The number of carbonyl (C=O) groups excluding carboxylic acids is 2. The van der Waals surface area contributed by atoms with Crippen LogP contribution in [0.25, 0.3) is 0 Å². The third kappa shape index (κ3) is 4.38. The molecule has 0 radical (unpaired) electrons. The summed E-state index contributed by atoms with van der Waals surface area (Å²) in [5, 5.41) is 2.40. The zero-order chi connectivity index (χ0) is 17.7. The summed E-state index contributed by atoms with van der Waals surface area (Å²) in [6, 6.07) is 11.7. The van der Waals surface area contributed by atoms with Crippen LogP contribution in [0, 0.1) is 11.6 Å². The van der Waals surface area contributed by atoms with E-state index in [0.717, 1.165) is 17.7 Å². The first-order valence-corrected chi connectivity index (χ1v) is 7.28. The van der Waals surface area contributed by atoms with Crippen LogP contribution in [0.2, 0.25) is 0 Å². The number of hydrogen-bond donors (Lipinski definition) is 1. The summed E-state index contributed by atoms with van der Waals surface area (Å²) in [6.07, 6.45) is -0.806. The van der Waals surface area contributed by atoms with Crippen molar-refractivity contribution in [2.45, 2.75) is 26.0 Å². The summed E-state index contributed by atoms with van der Waals surface area (Å²) in [6.45, 7) is 2.88. The highest BCUT2D eigenvalue weighted by molar-refractivity contribution is 6.04. The van der Waals surface area contributed by atoms with Crippen molar-refractivity contribution < 1.29 is 23.1 Å². The minimum atomic E-state index is -1.41. The number of halogens is 2. The first-order chi connectivity index (χ1) is 11.3. The molecule has 0 saturated heterocycles. The van der Waals surface area contributed by atoms with Crippen molar-refractivity contribution in [3.8, 4) is 0 Å². The quantitative estimate of drug-likeness (QED) is 0.846. The fraction of sp³-hybridized carbons (Fsp3) is 0.222. The Hall–Kier alpha value is -2.76. The number of alkyl carbamates (subject to hydrolysis) is 1. The fourth-order valence-corrected chi connectivity index (χ4v) is 2.08.